The van der Waals surface area contributed by atoms with E-state index in [1.165, 1.54) is 0 Å². The van der Waals surface area contributed by atoms with Gasteiger partial charge in [-0.05, 0) is 29.3 Å². The molecule has 0 aliphatic carbocycles. The summed E-state index contributed by atoms with van der Waals surface area (Å²) < 4.78 is 1.96. The second-order valence-electron chi connectivity index (χ2n) is 7.01. The van der Waals surface area contributed by atoms with Crippen LogP contribution in [0.2, 0.25) is 0 Å². The summed E-state index contributed by atoms with van der Waals surface area (Å²) in [6, 6.07) is 7.88. The predicted octanol–water partition coefficient (Wildman–Crippen LogP) is 1.36. The molecule has 140 valence electrons. The van der Waals surface area contributed by atoms with E-state index in [0.29, 0.717) is 39.0 Å². The van der Waals surface area contributed by atoms with Crippen LogP contribution in [0.25, 0.3) is 11.0 Å². The summed E-state index contributed by atoms with van der Waals surface area (Å²) in [5.74, 6) is 0.213. The number of nitrogens with zero attached hydrogens (tertiary/aromatic N) is 4. The zero-order valence-electron chi connectivity index (χ0n) is 15.4. The molecule has 1 aliphatic heterocycles. The van der Waals surface area contributed by atoms with Gasteiger partial charge in [-0.2, -0.15) is 0 Å². The Kier molecular flexibility index (Phi) is 4.66. The Hall–Kier alpha value is -3.09. The highest BCUT2D eigenvalue weighted by atomic mass is 16.2. The largest absolute Gasteiger partial charge is 0.367 e. The van der Waals surface area contributed by atoms with Gasteiger partial charge in [-0.15, -0.1) is 0 Å². The number of rotatable bonds is 4. The third-order valence-electron chi connectivity index (χ3n) is 5.15. The average Bonchev–Trinajstić information content (AvgIpc) is 3.32. The van der Waals surface area contributed by atoms with E-state index in [2.05, 4.69) is 9.97 Å². The van der Waals surface area contributed by atoms with Crippen molar-refractivity contribution in [3.05, 3.63) is 54.1 Å². The Bertz CT molecular complexity index is 952. The molecule has 4 rings (SSSR count). The number of benzene rings is 1. The van der Waals surface area contributed by atoms with Gasteiger partial charge in [-0.1, -0.05) is 6.07 Å². The van der Waals surface area contributed by atoms with E-state index in [9.17, 15) is 9.59 Å². The molecule has 3 aromatic rings. The van der Waals surface area contributed by atoms with Gasteiger partial charge >= 0.3 is 0 Å². The number of H-pyrrole nitrogens is 1. The summed E-state index contributed by atoms with van der Waals surface area (Å²) in [6.45, 7) is 2.36. The van der Waals surface area contributed by atoms with Crippen molar-refractivity contribution in [2.45, 2.75) is 12.8 Å². The Balaban J connectivity index is 1.32. The van der Waals surface area contributed by atoms with Crippen LogP contribution in [0, 0.1) is 0 Å². The summed E-state index contributed by atoms with van der Waals surface area (Å²) in [5, 5.41) is 0. The minimum absolute atomic E-state index is 0.100. The number of imidazole rings is 1. The van der Waals surface area contributed by atoms with Gasteiger partial charge in [0.05, 0.1) is 30.2 Å². The minimum atomic E-state index is 0.100. The Morgan fingerprint density at radius 1 is 1.00 bits per heavy atom. The monoisotopic (exact) mass is 365 g/mol. The Morgan fingerprint density at radius 3 is 2.30 bits per heavy atom. The van der Waals surface area contributed by atoms with Crippen molar-refractivity contribution in [1.29, 1.82) is 0 Å². The van der Waals surface area contributed by atoms with Crippen molar-refractivity contribution >= 4 is 22.8 Å². The van der Waals surface area contributed by atoms with Crippen molar-refractivity contribution in [3.63, 3.8) is 0 Å². The molecule has 3 heterocycles. The van der Waals surface area contributed by atoms with Crippen molar-refractivity contribution in [2.24, 2.45) is 7.05 Å². The van der Waals surface area contributed by atoms with E-state index in [1.807, 2.05) is 58.1 Å². The number of carbonyl (C=O) groups is 2. The van der Waals surface area contributed by atoms with Crippen LogP contribution in [-0.2, 0) is 29.5 Å². The Labute approximate surface area is 157 Å². The number of hydrogen-bond donors (Lipinski definition) is 1. The van der Waals surface area contributed by atoms with E-state index in [1.54, 1.807) is 6.33 Å². The molecule has 1 aromatic carbocycles. The molecule has 0 bridgehead atoms. The van der Waals surface area contributed by atoms with E-state index in [0.717, 1.165) is 22.2 Å². The molecule has 0 saturated carbocycles. The summed E-state index contributed by atoms with van der Waals surface area (Å²) in [6.07, 6.45) is 6.21. The van der Waals surface area contributed by atoms with Gasteiger partial charge in [0.15, 0.2) is 0 Å². The fraction of sp³-hybridized carbons (Fsp3) is 0.350. The Morgan fingerprint density at radius 2 is 1.67 bits per heavy atom. The molecule has 1 saturated heterocycles. The standard InChI is InChI=1S/C20H23N5O2/c1-23-14-22-17-10-15(2-3-18(17)23)11-19(26)24-6-8-25(9-7-24)20(27)12-16-4-5-21-13-16/h2-5,10,13-14,21H,6-9,11-12H2,1H3. The van der Waals surface area contributed by atoms with Gasteiger partial charge in [0, 0.05) is 45.6 Å². The summed E-state index contributed by atoms with van der Waals surface area (Å²) >= 11 is 0. The van der Waals surface area contributed by atoms with E-state index < -0.39 is 0 Å². The van der Waals surface area contributed by atoms with Crippen LogP contribution in [-0.4, -0.2) is 62.3 Å². The van der Waals surface area contributed by atoms with Crippen LogP contribution in [0.1, 0.15) is 11.1 Å². The molecule has 0 spiro atoms. The number of aromatic nitrogens is 3. The molecule has 0 atom stereocenters. The molecule has 2 amide bonds. The number of hydrogen-bond acceptors (Lipinski definition) is 3. The van der Waals surface area contributed by atoms with Crippen molar-refractivity contribution in [1.82, 2.24) is 24.3 Å². The highest BCUT2D eigenvalue weighted by molar-refractivity contribution is 5.83. The van der Waals surface area contributed by atoms with Gasteiger partial charge in [0.2, 0.25) is 11.8 Å². The zero-order chi connectivity index (χ0) is 18.8. The summed E-state index contributed by atoms with van der Waals surface area (Å²) in [4.78, 5) is 36.0. The lowest BCUT2D eigenvalue weighted by Crippen LogP contribution is -2.51. The van der Waals surface area contributed by atoms with Gasteiger partial charge < -0.3 is 19.4 Å². The zero-order valence-corrected chi connectivity index (χ0v) is 15.4. The number of aryl methyl sites for hydroxylation is 1. The van der Waals surface area contributed by atoms with Crippen LogP contribution in [0.15, 0.2) is 43.0 Å². The molecule has 7 nitrogen and oxygen atoms in total. The fourth-order valence-corrected chi connectivity index (χ4v) is 3.54. The molecule has 1 fully saturated rings. The number of aromatic amines is 1. The van der Waals surface area contributed by atoms with Crippen LogP contribution >= 0.6 is 0 Å². The third kappa shape index (κ3) is 3.72. The van der Waals surface area contributed by atoms with Gasteiger partial charge in [0.1, 0.15) is 0 Å². The maximum absolute atomic E-state index is 12.6. The number of piperazine rings is 1. The first-order chi connectivity index (χ1) is 13.1. The molecule has 2 aromatic heterocycles. The fourth-order valence-electron chi connectivity index (χ4n) is 3.54. The number of nitrogens with one attached hydrogen (secondary N) is 1. The second-order valence-corrected chi connectivity index (χ2v) is 7.01. The molecular formula is C20H23N5O2. The predicted molar refractivity (Wildman–Crippen MR) is 102 cm³/mol. The van der Waals surface area contributed by atoms with Crippen molar-refractivity contribution < 1.29 is 9.59 Å². The third-order valence-corrected chi connectivity index (χ3v) is 5.15. The second kappa shape index (κ2) is 7.26. The molecule has 0 unspecified atom stereocenters. The normalized spacial score (nSPS) is 14.7. The SMILES string of the molecule is Cn1cnc2cc(CC(=O)N3CCN(C(=O)Cc4cc[nH]c4)CC3)ccc21. The smallest absolute Gasteiger partial charge is 0.227 e. The maximum Gasteiger partial charge on any atom is 0.227 e. The first kappa shape index (κ1) is 17.3. The summed E-state index contributed by atoms with van der Waals surface area (Å²) in [7, 11) is 1.96. The van der Waals surface area contributed by atoms with Crippen molar-refractivity contribution in [2.75, 3.05) is 26.2 Å². The first-order valence-corrected chi connectivity index (χ1v) is 9.17. The maximum atomic E-state index is 12.6. The molecule has 0 radical (unpaired) electrons. The molecular weight excluding hydrogens is 342 g/mol. The highest BCUT2D eigenvalue weighted by Gasteiger charge is 2.24. The van der Waals surface area contributed by atoms with Gasteiger partial charge in [-0.3, -0.25) is 9.59 Å². The van der Waals surface area contributed by atoms with Crippen LogP contribution in [0.5, 0.6) is 0 Å². The average molecular weight is 365 g/mol. The molecule has 1 N–H and O–H groups in total. The van der Waals surface area contributed by atoms with E-state index in [-0.39, 0.29) is 11.8 Å². The van der Waals surface area contributed by atoms with E-state index >= 15 is 0 Å². The minimum Gasteiger partial charge on any atom is -0.367 e. The highest BCUT2D eigenvalue weighted by Crippen LogP contribution is 2.15. The van der Waals surface area contributed by atoms with Gasteiger partial charge in [0.25, 0.3) is 0 Å². The van der Waals surface area contributed by atoms with Crippen LogP contribution < -0.4 is 0 Å². The molecule has 1 aliphatic rings. The van der Waals surface area contributed by atoms with Crippen LogP contribution in [0.3, 0.4) is 0 Å². The first-order valence-electron chi connectivity index (χ1n) is 9.17. The number of fused-ring (bicyclic) bond motifs is 1. The lowest BCUT2D eigenvalue weighted by atomic mass is 10.1. The van der Waals surface area contributed by atoms with Crippen molar-refractivity contribution in [3.8, 4) is 0 Å². The molecule has 27 heavy (non-hydrogen) atoms. The topological polar surface area (TPSA) is 74.2 Å². The van der Waals surface area contributed by atoms with Crippen LogP contribution in [0.4, 0.5) is 0 Å². The van der Waals surface area contributed by atoms with E-state index in [4.69, 9.17) is 0 Å². The lowest BCUT2D eigenvalue weighted by Gasteiger charge is -2.35. The quantitative estimate of drug-likeness (QED) is 0.759. The summed E-state index contributed by atoms with van der Waals surface area (Å²) in [5.41, 5.74) is 3.92. The number of amides is 2. The number of carbonyl (C=O) groups excluding carboxylic acids is 2. The lowest BCUT2D eigenvalue weighted by molar-refractivity contribution is -0.138. The van der Waals surface area contributed by atoms with Gasteiger partial charge in [-0.25, -0.2) is 4.98 Å². The molecule has 7 heteroatoms.